The van der Waals surface area contributed by atoms with Crippen molar-refractivity contribution in [3.8, 4) is 0 Å². The first-order chi connectivity index (χ1) is 9.44. The number of rotatable bonds is 5. The molecule has 0 saturated carbocycles. The lowest BCUT2D eigenvalue weighted by atomic mass is 10.2. The molecule has 1 aliphatic heterocycles. The summed E-state index contributed by atoms with van der Waals surface area (Å²) in [7, 11) is -2.15. The van der Waals surface area contributed by atoms with Crippen molar-refractivity contribution in [2.45, 2.75) is 23.9 Å². The van der Waals surface area contributed by atoms with Crippen LogP contribution in [-0.2, 0) is 16.6 Å². The Morgan fingerprint density at radius 2 is 2.25 bits per heavy atom. The maximum atomic E-state index is 14.3. The summed E-state index contributed by atoms with van der Waals surface area (Å²) in [6.45, 7) is 0.271. The van der Waals surface area contributed by atoms with Crippen molar-refractivity contribution in [1.29, 1.82) is 0 Å². The minimum absolute atomic E-state index is 0.115. The van der Waals surface area contributed by atoms with E-state index in [9.17, 15) is 12.8 Å². The molecule has 4 nitrogen and oxygen atoms in total. The number of halogens is 2. The summed E-state index contributed by atoms with van der Waals surface area (Å²) in [5, 5.41) is 2.82. The average molecular weight is 383 g/mol. The third kappa shape index (κ3) is 3.73. The monoisotopic (exact) mass is 382 g/mol. The summed E-state index contributed by atoms with van der Waals surface area (Å²) in [6, 6.07) is 2.77. The quantitative estimate of drug-likeness (QED) is 0.818. The molecule has 1 aromatic carbocycles. The molecule has 1 saturated heterocycles. The highest BCUT2D eigenvalue weighted by Crippen LogP contribution is 2.26. The molecule has 1 atom stereocenters. The van der Waals surface area contributed by atoms with Gasteiger partial charge in [-0.15, -0.1) is 0 Å². The summed E-state index contributed by atoms with van der Waals surface area (Å²) in [4.78, 5) is -0.297. The van der Waals surface area contributed by atoms with Crippen molar-refractivity contribution in [1.82, 2.24) is 10.0 Å². The van der Waals surface area contributed by atoms with E-state index in [1.165, 1.54) is 6.07 Å². The molecule has 1 aliphatic rings. The van der Waals surface area contributed by atoms with E-state index >= 15 is 0 Å². The summed E-state index contributed by atoms with van der Waals surface area (Å²) in [6.07, 6.45) is 0.781. The lowest BCUT2D eigenvalue weighted by molar-refractivity contribution is 0.536. The van der Waals surface area contributed by atoms with Gasteiger partial charge in [0.1, 0.15) is 10.7 Å². The van der Waals surface area contributed by atoms with E-state index in [1.54, 1.807) is 24.9 Å². The molecule has 8 heteroatoms. The van der Waals surface area contributed by atoms with Gasteiger partial charge < -0.3 is 5.32 Å². The van der Waals surface area contributed by atoms with E-state index in [-0.39, 0.29) is 17.5 Å². The van der Waals surface area contributed by atoms with Gasteiger partial charge in [-0.1, -0.05) is 15.9 Å². The number of benzene rings is 1. The van der Waals surface area contributed by atoms with Gasteiger partial charge in [0.2, 0.25) is 10.0 Å². The van der Waals surface area contributed by atoms with Crippen LogP contribution in [0, 0.1) is 5.82 Å². The molecule has 20 heavy (non-hydrogen) atoms. The smallest absolute Gasteiger partial charge is 0.243 e. The molecular formula is C12H16BrFN2O2S2. The van der Waals surface area contributed by atoms with Gasteiger partial charge in [-0.3, -0.25) is 0 Å². The van der Waals surface area contributed by atoms with Gasteiger partial charge in [0.15, 0.2) is 0 Å². The van der Waals surface area contributed by atoms with E-state index in [4.69, 9.17) is 0 Å². The van der Waals surface area contributed by atoms with Gasteiger partial charge in [-0.05, 0) is 31.4 Å². The Kier molecular flexibility index (Phi) is 5.47. The number of hydrogen-bond acceptors (Lipinski definition) is 4. The number of sulfonamides is 1. The van der Waals surface area contributed by atoms with Gasteiger partial charge in [0.25, 0.3) is 0 Å². The standard InChI is InChI=1S/C12H16BrFN2O2S2/c1-15-6-8-4-9(13)5-11(12(8)14)20(17,18)16-10-2-3-19-7-10/h4-5,10,15-16H,2-3,6-7H2,1H3. The number of thioether (sulfide) groups is 1. The second-order valence-corrected chi connectivity index (χ2v) is 8.34. The molecular weight excluding hydrogens is 367 g/mol. The van der Waals surface area contributed by atoms with Crippen molar-refractivity contribution < 1.29 is 12.8 Å². The zero-order valence-corrected chi connectivity index (χ0v) is 14.2. The molecule has 2 N–H and O–H groups in total. The van der Waals surface area contributed by atoms with Crippen LogP contribution in [-0.4, -0.2) is 33.0 Å². The minimum atomic E-state index is -3.83. The Morgan fingerprint density at radius 3 is 2.85 bits per heavy atom. The predicted molar refractivity (Wildman–Crippen MR) is 82.9 cm³/mol. The van der Waals surface area contributed by atoms with Gasteiger partial charge in [-0.25, -0.2) is 17.5 Å². The molecule has 0 spiro atoms. The van der Waals surface area contributed by atoms with Crippen molar-refractivity contribution in [2.75, 3.05) is 18.6 Å². The van der Waals surface area contributed by atoms with Gasteiger partial charge >= 0.3 is 0 Å². The topological polar surface area (TPSA) is 58.2 Å². The van der Waals surface area contributed by atoms with E-state index in [1.807, 2.05) is 0 Å². The Morgan fingerprint density at radius 1 is 1.50 bits per heavy atom. The van der Waals surface area contributed by atoms with E-state index in [0.29, 0.717) is 10.0 Å². The van der Waals surface area contributed by atoms with Crippen LogP contribution in [0.4, 0.5) is 4.39 Å². The van der Waals surface area contributed by atoms with Crippen LogP contribution in [0.5, 0.6) is 0 Å². The van der Waals surface area contributed by atoms with Crippen LogP contribution in [0.1, 0.15) is 12.0 Å². The molecule has 1 unspecified atom stereocenters. The summed E-state index contributed by atoms with van der Waals surface area (Å²) in [5.41, 5.74) is 0.322. The summed E-state index contributed by atoms with van der Waals surface area (Å²) < 4.78 is 42.1. The van der Waals surface area contributed by atoms with Crippen molar-refractivity contribution in [2.24, 2.45) is 0 Å². The molecule has 1 aromatic rings. The third-order valence-electron chi connectivity index (χ3n) is 2.99. The van der Waals surface area contributed by atoms with Crippen molar-refractivity contribution in [3.05, 3.63) is 28.0 Å². The normalized spacial score (nSPS) is 19.4. The molecule has 1 fully saturated rings. The fourth-order valence-electron chi connectivity index (χ4n) is 2.04. The second kappa shape index (κ2) is 6.74. The third-order valence-corrected chi connectivity index (χ3v) is 6.13. The molecule has 2 rings (SSSR count). The van der Waals surface area contributed by atoms with Crippen LogP contribution >= 0.6 is 27.7 Å². The second-order valence-electron chi connectivity index (χ2n) is 4.59. The van der Waals surface area contributed by atoms with E-state index in [0.717, 1.165) is 17.9 Å². The van der Waals surface area contributed by atoms with Crippen LogP contribution in [0.25, 0.3) is 0 Å². The maximum Gasteiger partial charge on any atom is 0.243 e. The molecule has 0 aromatic heterocycles. The lowest BCUT2D eigenvalue weighted by Gasteiger charge is -2.14. The highest BCUT2D eigenvalue weighted by Gasteiger charge is 2.27. The van der Waals surface area contributed by atoms with Gasteiger partial charge in [0, 0.05) is 28.4 Å². The molecule has 1 heterocycles. The molecule has 0 amide bonds. The minimum Gasteiger partial charge on any atom is -0.316 e. The highest BCUT2D eigenvalue weighted by atomic mass is 79.9. The number of hydrogen-bond donors (Lipinski definition) is 2. The molecule has 0 bridgehead atoms. The first-order valence-electron chi connectivity index (χ1n) is 6.16. The fraction of sp³-hybridized carbons (Fsp3) is 0.500. The Hall–Kier alpha value is -0.150. The highest BCUT2D eigenvalue weighted by molar-refractivity contribution is 9.10. The van der Waals surface area contributed by atoms with E-state index < -0.39 is 15.8 Å². The van der Waals surface area contributed by atoms with Crippen LogP contribution in [0.15, 0.2) is 21.5 Å². The maximum absolute atomic E-state index is 14.3. The van der Waals surface area contributed by atoms with Crippen molar-refractivity contribution >= 4 is 37.7 Å². The number of nitrogens with one attached hydrogen (secondary N) is 2. The molecule has 112 valence electrons. The van der Waals surface area contributed by atoms with Crippen LogP contribution < -0.4 is 10.0 Å². The predicted octanol–water partition coefficient (Wildman–Crippen LogP) is 2.09. The van der Waals surface area contributed by atoms with Crippen LogP contribution in [0.3, 0.4) is 0 Å². The van der Waals surface area contributed by atoms with E-state index in [2.05, 4.69) is 26.0 Å². The fourth-order valence-corrected chi connectivity index (χ4v) is 5.37. The summed E-state index contributed by atoms with van der Waals surface area (Å²) >= 11 is 4.93. The summed E-state index contributed by atoms with van der Waals surface area (Å²) in [5.74, 6) is 0.970. The van der Waals surface area contributed by atoms with Crippen LogP contribution in [0.2, 0.25) is 0 Å². The zero-order chi connectivity index (χ0) is 14.8. The Bertz CT molecular complexity index is 589. The van der Waals surface area contributed by atoms with Gasteiger partial charge in [-0.2, -0.15) is 11.8 Å². The lowest BCUT2D eigenvalue weighted by Crippen LogP contribution is -2.35. The van der Waals surface area contributed by atoms with Crippen molar-refractivity contribution in [3.63, 3.8) is 0 Å². The zero-order valence-electron chi connectivity index (χ0n) is 10.9. The largest absolute Gasteiger partial charge is 0.316 e. The first-order valence-corrected chi connectivity index (χ1v) is 9.59. The Labute approximate surface area is 131 Å². The molecule has 0 aliphatic carbocycles. The SMILES string of the molecule is CNCc1cc(Br)cc(S(=O)(=O)NC2CCSC2)c1F. The Balaban J connectivity index is 2.34. The van der Waals surface area contributed by atoms with Gasteiger partial charge in [0.05, 0.1) is 0 Å². The first kappa shape index (κ1) is 16.2. The average Bonchev–Trinajstić information content (AvgIpc) is 2.85. The molecule has 0 radical (unpaired) electrons.